The number of phosphoric ester groups is 1. The Balaban J connectivity index is 1.09. The lowest BCUT2D eigenvalue weighted by atomic mass is 10.1. The molecule has 0 aromatic carbocycles. The molecule has 25 heteroatoms. The molecule has 1 unspecified atom stereocenters. The van der Waals surface area contributed by atoms with Crippen LogP contribution in [0.3, 0.4) is 0 Å². The van der Waals surface area contributed by atoms with Crippen LogP contribution < -0.4 is 10.9 Å². The Morgan fingerprint density at radius 3 is 2.67 bits per heavy atom. The third-order valence-electron chi connectivity index (χ3n) is 9.00. The van der Waals surface area contributed by atoms with Gasteiger partial charge in [0.2, 0.25) is 0 Å². The van der Waals surface area contributed by atoms with Gasteiger partial charge in [0, 0.05) is 12.7 Å². The minimum Gasteiger partial charge on any atom is -0.387 e. The smallest absolute Gasteiger partial charge is 0.387 e. The summed E-state index contributed by atoms with van der Waals surface area (Å²) in [4.78, 5) is 40.9. The number of hydrogen-bond donors (Lipinski definition) is 4. The van der Waals surface area contributed by atoms with Crippen LogP contribution in [0, 0.1) is 0 Å². The number of aliphatic hydroxyl groups is 1. The molecular weight excluding hydrogens is 856 g/mol. The first-order valence-corrected chi connectivity index (χ1v) is 20.7. The zero-order valence-corrected chi connectivity index (χ0v) is 30.9. The second-order valence-electron chi connectivity index (χ2n) is 12.1. The number of aryl methyl sites for hydroxylation is 1. The maximum absolute atomic E-state index is 16.4. The van der Waals surface area contributed by atoms with Crippen molar-refractivity contribution < 1.29 is 54.2 Å². The van der Waals surface area contributed by atoms with Gasteiger partial charge in [-0.05, 0) is 18.4 Å². The van der Waals surface area contributed by atoms with Crippen LogP contribution in [0.15, 0.2) is 30.0 Å². The highest BCUT2D eigenvalue weighted by atomic mass is 127. The van der Waals surface area contributed by atoms with Crippen LogP contribution in [-0.2, 0) is 52.7 Å². The van der Waals surface area contributed by atoms with Gasteiger partial charge in [-0.15, -0.1) is 0 Å². The Labute approximate surface area is 305 Å². The fourth-order valence-electron chi connectivity index (χ4n) is 6.66. The Morgan fingerprint density at radius 2 is 1.84 bits per heavy atom. The SMILES string of the molecule is O=c1c2ncn([C@@H]3O[C@@H]4COP(=O)(O)O[C@H]5[C@@H](F)[C@H](n6cc7c8c(ncnc86)NCCC7)O[C@@H]5CO[P@](=O)(S)O[C@@H]3[C@@H]4O)c2ncn1CCOI. The molecular formula is C26H30FIN8O12P2S. The average Bonchev–Trinajstić information content (AvgIpc) is 3.80. The minimum absolute atomic E-state index is 0.0354. The van der Waals surface area contributed by atoms with Crippen molar-refractivity contribution in [3.8, 4) is 0 Å². The summed E-state index contributed by atoms with van der Waals surface area (Å²) in [5, 5.41) is 15.1. The fourth-order valence-corrected chi connectivity index (χ4v) is 9.28. The molecule has 4 aliphatic heterocycles. The summed E-state index contributed by atoms with van der Waals surface area (Å²) in [6.45, 7) is -4.77. The Hall–Kier alpha value is -2.12. The molecule has 20 nitrogen and oxygen atoms in total. The maximum Gasteiger partial charge on any atom is 0.472 e. The number of phosphoric acid groups is 1. The molecule has 2 bridgehead atoms. The predicted octanol–water partition coefficient (Wildman–Crippen LogP) is 2.21. The van der Waals surface area contributed by atoms with E-state index < -0.39 is 82.5 Å². The molecule has 8 rings (SSSR count). The van der Waals surface area contributed by atoms with E-state index in [1.807, 2.05) is 0 Å². The molecule has 3 saturated heterocycles. The van der Waals surface area contributed by atoms with E-state index in [9.17, 15) is 23.9 Å². The number of aliphatic hydroxyl groups excluding tert-OH is 1. The van der Waals surface area contributed by atoms with Crippen molar-refractivity contribution in [2.45, 2.75) is 68.5 Å². The Kier molecular flexibility index (Phi) is 9.81. The molecule has 3 fully saturated rings. The first-order chi connectivity index (χ1) is 24.4. The molecule has 0 aliphatic carbocycles. The summed E-state index contributed by atoms with van der Waals surface area (Å²) in [7, 11) is -5.09. The first kappa shape index (κ1) is 35.9. The third-order valence-corrected chi connectivity index (χ3v) is 12.0. The average molecular weight is 886 g/mol. The molecule has 0 amide bonds. The van der Waals surface area contributed by atoms with E-state index in [0.29, 0.717) is 29.8 Å². The highest BCUT2D eigenvalue weighted by Crippen LogP contribution is 2.58. The van der Waals surface area contributed by atoms with Gasteiger partial charge >= 0.3 is 14.6 Å². The minimum atomic E-state index is -5.09. The zero-order chi connectivity index (χ0) is 35.7. The molecule has 0 saturated carbocycles. The number of fused-ring (bicyclic) bond motifs is 4. The molecule has 4 aromatic heterocycles. The fraction of sp³-hybridized carbons (Fsp3) is 0.577. The van der Waals surface area contributed by atoms with Gasteiger partial charge in [0.25, 0.3) is 5.56 Å². The molecule has 276 valence electrons. The van der Waals surface area contributed by atoms with Gasteiger partial charge in [-0.25, -0.2) is 33.5 Å². The normalized spacial score (nSPS) is 35.9. The highest BCUT2D eigenvalue weighted by Gasteiger charge is 2.54. The van der Waals surface area contributed by atoms with Crippen LogP contribution in [0.25, 0.3) is 22.2 Å². The molecule has 4 aromatic rings. The summed E-state index contributed by atoms with van der Waals surface area (Å²) < 4.78 is 86.2. The van der Waals surface area contributed by atoms with Gasteiger partial charge in [0.05, 0.1) is 38.1 Å². The number of nitrogens with one attached hydrogen (secondary N) is 1. The van der Waals surface area contributed by atoms with Crippen molar-refractivity contribution in [3.05, 3.63) is 41.1 Å². The zero-order valence-electron chi connectivity index (χ0n) is 26.1. The number of thiol groups is 1. The molecule has 8 heterocycles. The molecule has 3 N–H and O–H groups in total. The van der Waals surface area contributed by atoms with Crippen molar-refractivity contribution in [1.29, 1.82) is 0 Å². The standard InChI is InChI=1S/C26H30FIN8O12P2S/c27-16-19-14(46-25(16)35-6-12-2-1-3-29-21-15(12)22(35)31-9-30-21)8-44-50(41,51)48-20-18(37)13(7-43-49(39,40)47-19)45-26(20)36-11-32-17-23(36)33-10-34(24(17)38)4-5-42-28/h6,9-11,13-14,16,18-20,25-26,37H,1-5,7-8H2,(H,39,40)(H,41,51)(H,29,30,31)/t13-,14-,16-,18-,19-,20-,25-,26-,50+/m1/s1. The second kappa shape index (κ2) is 13.9. The monoisotopic (exact) mass is 886 g/mol. The number of ether oxygens (including phenoxy) is 2. The highest BCUT2D eigenvalue weighted by molar-refractivity contribution is 14.1. The van der Waals surface area contributed by atoms with Crippen LogP contribution in [-0.4, -0.2) is 107 Å². The number of imidazole rings is 1. The lowest BCUT2D eigenvalue weighted by molar-refractivity contribution is -0.0618. The van der Waals surface area contributed by atoms with Crippen LogP contribution >= 0.6 is 49.9 Å². The van der Waals surface area contributed by atoms with E-state index in [-0.39, 0.29) is 24.3 Å². The van der Waals surface area contributed by atoms with Gasteiger partial charge in [-0.1, -0.05) is 12.2 Å². The number of hydrogen-bond acceptors (Lipinski definition) is 16. The number of rotatable bonds is 5. The van der Waals surface area contributed by atoms with E-state index in [4.69, 9.17) is 30.6 Å². The van der Waals surface area contributed by atoms with E-state index in [0.717, 1.165) is 12.0 Å². The quantitative estimate of drug-likeness (QED) is 0.128. The number of nitrogens with zero attached hydrogens (tertiary/aromatic N) is 7. The summed E-state index contributed by atoms with van der Waals surface area (Å²) in [5.41, 5.74) is 0.717. The third kappa shape index (κ3) is 6.67. The molecule has 51 heavy (non-hydrogen) atoms. The summed E-state index contributed by atoms with van der Waals surface area (Å²) in [6.07, 6.45) is -5.67. The van der Waals surface area contributed by atoms with Crippen molar-refractivity contribution >= 4 is 77.9 Å². The van der Waals surface area contributed by atoms with Gasteiger partial charge in [-0.2, -0.15) is 0 Å². The van der Waals surface area contributed by atoms with Gasteiger partial charge < -0.3 is 32.4 Å². The van der Waals surface area contributed by atoms with Gasteiger partial charge in [-0.3, -0.25) is 32.0 Å². The van der Waals surface area contributed by atoms with Gasteiger partial charge in [0.1, 0.15) is 77.6 Å². The number of aromatic nitrogens is 7. The molecule has 0 spiro atoms. The van der Waals surface area contributed by atoms with E-state index in [2.05, 4.69) is 37.5 Å². The number of halogens is 2. The van der Waals surface area contributed by atoms with E-state index in [1.165, 1.54) is 32.7 Å². The van der Waals surface area contributed by atoms with Crippen LogP contribution in [0.1, 0.15) is 24.4 Å². The molecule has 0 radical (unpaired) electrons. The van der Waals surface area contributed by atoms with Crippen LogP contribution in [0.4, 0.5) is 10.2 Å². The topological polar surface area (TPSA) is 235 Å². The Bertz CT molecular complexity index is 2130. The number of anilines is 1. The molecule has 10 atom stereocenters. The summed E-state index contributed by atoms with van der Waals surface area (Å²) in [5.74, 6) is 0.582. The lowest BCUT2D eigenvalue weighted by Crippen LogP contribution is -2.35. The molecule has 4 aliphatic rings. The summed E-state index contributed by atoms with van der Waals surface area (Å²) in [6, 6.07) is 0. The largest absolute Gasteiger partial charge is 0.472 e. The Morgan fingerprint density at radius 1 is 1.04 bits per heavy atom. The second-order valence-corrected chi connectivity index (χ2v) is 17.0. The van der Waals surface area contributed by atoms with E-state index in [1.54, 1.807) is 29.2 Å². The van der Waals surface area contributed by atoms with Crippen molar-refractivity contribution in [2.75, 3.05) is 31.7 Å². The van der Waals surface area contributed by atoms with Crippen LogP contribution in [0.2, 0.25) is 0 Å². The van der Waals surface area contributed by atoms with Crippen LogP contribution in [0.5, 0.6) is 0 Å². The number of alkyl halides is 1. The first-order valence-electron chi connectivity index (χ1n) is 15.6. The maximum atomic E-state index is 16.4. The van der Waals surface area contributed by atoms with E-state index >= 15 is 4.39 Å². The van der Waals surface area contributed by atoms with Crippen molar-refractivity contribution in [2.24, 2.45) is 0 Å². The summed E-state index contributed by atoms with van der Waals surface area (Å²) >= 11 is 5.81. The van der Waals surface area contributed by atoms with Crippen molar-refractivity contribution in [3.63, 3.8) is 0 Å². The lowest BCUT2D eigenvalue weighted by Gasteiger charge is -2.26. The van der Waals surface area contributed by atoms with Gasteiger partial charge in [0.15, 0.2) is 29.8 Å². The van der Waals surface area contributed by atoms with Crippen molar-refractivity contribution in [1.82, 2.24) is 33.6 Å². The predicted molar refractivity (Wildman–Crippen MR) is 183 cm³/mol.